The van der Waals surface area contributed by atoms with Crippen molar-refractivity contribution in [1.82, 2.24) is 10.6 Å². The molecule has 1 aliphatic rings. The highest BCUT2D eigenvalue weighted by Crippen LogP contribution is 2.23. The maximum Gasteiger partial charge on any atom is 0.414 e. The number of anilines is 1. The number of carbonyl (C=O) groups is 1. The molecule has 1 heterocycles. The van der Waals surface area contributed by atoms with E-state index in [1.807, 2.05) is 0 Å². The molecule has 1 saturated heterocycles. The maximum absolute atomic E-state index is 11.9. The summed E-state index contributed by atoms with van der Waals surface area (Å²) in [4.78, 5) is 13.5. The van der Waals surface area contributed by atoms with E-state index >= 15 is 0 Å². The van der Waals surface area contributed by atoms with Gasteiger partial charge in [0.1, 0.15) is 6.10 Å². The summed E-state index contributed by atoms with van der Waals surface area (Å²) in [5, 5.41) is 15.8. The van der Waals surface area contributed by atoms with E-state index < -0.39 is 6.10 Å². The van der Waals surface area contributed by atoms with E-state index in [0.717, 1.165) is 11.3 Å². The van der Waals surface area contributed by atoms with Gasteiger partial charge < -0.3 is 20.5 Å². The lowest BCUT2D eigenvalue weighted by atomic mass is 10.1. The van der Waals surface area contributed by atoms with Crippen LogP contribution in [0.1, 0.15) is 18.6 Å². The molecule has 1 aromatic carbocycles. The number of rotatable bonds is 4. The second-order valence-electron chi connectivity index (χ2n) is 4.84. The molecule has 1 aromatic rings. The van der Waals surface area contributed by atoms with Crippen LogP contribution in [0.3, 0.4) is 0 Å². The van der Waals surface area contributed by atoms with Crippen LogP contribution in [0.25, 0.3) is 0 Å². The number of hydrogen-bond donors (Lipinski definition) is 3. The predicted octanol–water partition coefficient (Wildman–Crippen LogP) is 1.16. The van der Waals surface area contributed by atoms with Gasteiger partial charge in [0.2, 0.25) is 0 Å². The first-order chi connectivity index (χ1) is 10.0. The van der Waals surface area contributed by atoms with Crippen LogP contribution in [0.15, 0.2) is 24.3 Å². The van der Waals surface area contributed by atoms with Gasteiger partial charge in [0.05, 0.1) is 19.2 Å². The summed E-state index contributed by atoms with van der Waals surface area (Å²) in [6.07, 6.45) is -1.15. The highest BCUT2D eigenvalue weighted by molar-refractivity contribution is 7.80. The van der Waals surface area contributed by atoms with Crippen LogP contribution in [-0.4, -0.2) is 42.6 Å². The molecule has 0 radical (unpaired) electrons. The highest BCUT2D eigenvalue weighted by atomic mass is 32.1. The number of thiocarbonyl (C=S) groups is 1. The molecule has 0 saturated carbocycles. The minimum atomic E-state index is -0.524. The summed E-state index contributed by atoms with van der Waals surface area (Å²) in [6, 6.07) is 7.21. The second-order valence-corrected chi connectivity index (χ2v) is 5.25. The van der Waals surface area contributed by atoms with E-state index in [-0.39, 0.29) is 12.2 Å². The van der Waals surface area contributed by atoms with Gasteiger partial charge in [0.25, 0.3) is 0 Å². The monoisotopic (exact) mass is 309 g/mol. The lowest BCUT2D eigenvalue weighted by Crippen LogP contribution is -2.39. The molecule has 21 heavy (non-hydrogen) atoms. The van der Waals surface area contributed by atoms with Crippen molar-refractivity contribution >= 4 is 29.1 Å². The minimum absolute atomic E-state index is 0.250. The zero-order chi connectivity index (χ0) is 15.4. The van der Waals surface area contributed by atoms with Gasteiger partial charge in [0, 0.05) is 12.7 Å². The molecule has 0 bridgehead atoms. The van der Waals surface area contributed by atoms with Gasteiger partial charge in [-0.05, 0) is 36.8 Å². The Morgan fingerprint density at radius 1 is 1.52 bits per heavy atom. The van der Waals surface area contributed by atoms with Gasteiger partial charge in [-0.3, -0.25) is 4.90 Å². The lowest BCUT2D eigenvalue weighted by molar-refractivity contribution is 0.143. The summed E-state index contributed by atoms with van der Waals surface area (Å²) in [6.45, 7) is 2.63. The third-order valence-electron chi connectivity index (χ3n) is 3.28. The smallest absolute Gasteiger partial charge is 0.414 e. The fourth-order valence-corrected chi connectivity index (χ4v) is 2.15. The predicted molar refractivity (Wildman–Crippen MR) is 84.4 cm³/mol. The number of cyclic esters (lactones) is 1. The molecular formula is C14H19N3O3S. The van der Waals surface area contributed by atoms with E-state index in [4.69, 9.17) is 17.0 Å². The molecule has 0 aliphatic carbocycles. The Balaban J connectivity index is 1.98. The van der Waals surface area contributed by atoms with Crippen molar-refractivity contribution in [3.05, 3.63) is 29.8 Å². The number of nitrogens with one attached hydrogen (secondary N) is 2. The quantitative estimate of drug-likeness (QED) is 0.725. The van der Waals surface area contributed by atoms with Crippen LogP contribution >= 0.6 is 12.2 Å². The van der Waals surface area contributed by atoms with Crippen LogP contribution in [0, 0.1) is 0 Å². The minimum Gasteiger partial charge on any atom is -0.442 e. The molecule has 6 nitrogen and oxygen atoms in total. The zero-order valence-corrected chi connectivity index (χ0v) is 12.8. The number of benzene rings is 1. The van der Waals surface area contributed by atoms with Crippen LogP contribution < -0.4 is 15.5 Å². The Kier molecular flexibility index (Phi) is 4.98. The largest absolute Gasteiger partial charge is 0.442 e. The number of aliphatic hydroxyl groups is 1. The molecule has 0 spiro atoms. The average molecular weight is 309 g/mol. The van der Waals surface area contributed by atoms with Crippen LogP contribution in [0.2, 0.25) is 0 Å². The van der Waals surface area contributed by atoms with E-state index in [2.05, 4.69) is 10.6 Å². The SMILES string of the molecule is CNC(=S)NC[C@H]1CN(c2ccc(C(C)O)cc2)C(=O)O1. The van der Waals surface area contributed by atoms with Crippen molar-refractivity contribution in [1.29, 1.82) is 0 Å². The van der Waals surface area contributed by atoms with Crippen molar-refractivity contribution in [2.24, 2.45) is 0 Å². The molecule has 1 amide bonds. The summed E-state index contributed by atoms with van der Waals surface area (Å²) in [5.41, 5.74) is 1.56. The molecule has 7 heteroatoms. The zero-order valence-electron chi connectivity index (χ0n) is 12.0. The molecule has 1 fully saturated rings. The Labute approximate surface area is 129 Å². The third-order valence-corrected chi connectivity index (χ3v) is 3.63. The molecule has 114 valence electrons. The number of ether oxygens (including phenoxy) is 1. The van der Waals surface area contributed by atoms with E-state index in [9.17, 15) is 9.90 Å². The first-order valence-corrected chi connectivity index (χ1v) is 7.14. The molecule has 3 N–H and O–H groups in total. The Hall–Kier alpha value is -1.86. The normalized spacial score (nSPS) is 19.1. The summed E-state index contributed by atoms with van der Waals surface area (Å²) < 4.78 is 5.29. The number of amides is 1. The molecule has 1 aliphatic heterocycles. The average Bonchev–Trinajstić information content (AvgIpc) is 2.86. The summed E-state index contributed by atoms with van der Waals surface area (Å²) in [7, 11) is 1.73. The molecule has 2 atom stereocenters. The Bertz CT molecular complexity index is 519. The van der Waals surface area contributed by atoms with Gasteiger partial charge in [0.15, 0.2) is 5.11 Å². The van der Waals surface area contributed by atoms with Crippen LogP contribution in [-0.2, 0) is 4.74 Å². The van der Waals surface area contributed by atoms with E-state index in [1.165, 1.54) is 0 Å². The molecule has 1 unspecified atom stereocenters. The summed E-state index contributed by atoms with van der Waals surface area (Å²) >= 11 is 4.98. The number of nitrogens with zero attached hydrogens (tertiary/aromatic N) is 1. The first kappa shape index (κ1) is 15.5. The third kappa shape index (κ3) is 3.83. The van der Waals surface area contributed by atoms with Gasteiger partial charge >= 0.3 is 6.09 Å². The van der Waals surface area contributed by atoms with Crippen molar-refractivity contribution in [2.75, 3.05) is 25.0 Å². The van der Waals surface area contributed by atoms with Gasteiger partial charge in [-0.15, -0.1) is 0 Å². The lowest BCUT2D eigenvalue weighted by Gasteiger charge is -2.14. The number of hydrogen-bond acceptors (Lipinski definition) is 4. The van der Waals surface area contributed by atoms with Crippen molar-refractivity contribution in [2.45, 2.75) is 19.1 Å². The van der Waals surface area contributed by atoms with Crippen molar-refractivity contribution in [3.63, 3.8) is 0 Å². The topological polar surface area (TPSA) is 73.8 Å². The Morgan fingerprint density at radius 3 is 2.76 bits per heavy atom. The Morgan fingerprint density at radius 2 is 2.19 bits per heavy atom. The maximum atomic E-state index is 11.9. The van der Waals surface area contributed by atoms with Crippen molar-refractivity contribution in [3.8, 4) is 0 Å². The van der Waals surface area contributed by atoms with E-state index in [0.29, 0.717) is 18.2 Å². The standard InChI is InChI=1S/C14H19N3O3S/c1-9(18)10-3-5-11(6-4-10)17-8-12(20-14(17)19)7-16-13(21)15-2/h3-6,9,12,18H,7-8H2,1-2H3,(H2,15,16,21)/t9?,12-/m0/s1. The molecular weight excluding hydrogens is 290 g/mol. The van der Waals surface area contributed by atoms with Gasteiger partial charge in [-0.2, -0.15) is 0 Å². The fraction of sp³-hybridized carbons (Fsp3) is 0.429. The summed E-state index contributed by atoms with van der Waals surface area (Å²) in [5.74, 6) is 0. The highest BCUT2D eigenvalue weighted by Gasteiger charge is 2.32. The molecule has 2 rings (SSSR count). The van der Waals surface area contributed by atoms with Crippen molar-refractivity contribution < 1.29 is 14.6 Å². The number of aliphatic hydroxyl groups excluding tert-OH is 1. The first-order valence-electron chi connectivity index (χ1n) is 6.73. The van der Waals surface area contributed by atoms with Gasteiger partial charge in [-0.25, -0.2) is 4.79 Å². The molecule has 0 aromatic heterocycles. The van der Waals surface area contributed by atoms with E-state index in [1.54, 1.807) is 43.1 Å². The fourth-order valence-electron chi connectivity index (χ4n) is 2.07. The second kappa shape index (κ2) is 6.73. The van der Waals surface area contributed by atoms with Crippen LogP contribution in [0.4, 0.5) is 10.5 Å². The van der Waals surface area contributed by atoms with Gasteiger partial charge in [-0.1, -0.05) is 12.1 Å². The van der Waals surface area contributed by atoms with Crippen LogP contribution in [0.5, 0.6) is 0 Å². The number of carbonyl (C=O) groups excluding carboxylic acids is 1.